The molecule has 1 N–H and O–H groups in total. The van der Waals surface area contributed by atoms with Crippen molar-refractivity contribution in [2.45, 2.75) is 26.8 Å². The molecule has 2 aromatic heterocycles. The number of ether oxygens (including phenoxy) is 1. The van der Waals surface area contributed by atoms with Crippen LogP contribution in [0.15, 0.2) is 45.3 Å². The van der Waals surface area contributed by atoms with Gasteiger partial charge in [0.05, 0.1) is 22.4 Å². The van der Waals surface area contributed by atoms with Gasteiger partial charge in [-0.1, -0.05) is 0 Å². The molecular weight excluding hydrogens is 443 g/mol. The van der Waals surface area contributed by atoms with Gasteiger partial charge in [-0.15, -0.1) is 13.2 Å². The number of aromatic nitrogens is 2. The van der Waals surface area contributed by atoms with E-state index in [4.69, 9.17) is 4.42 Å². The summed E-state index contributed by atoms with van der Waals surface area (Å²) in [6.45, 7) is 4.14. The second-order valence-electron chi connectivity index (χ2n) is 5.93. The predicted molar refractivity (Wildman–Crippen MR) is 98.3 cm³/mol. The van der Waals surface area contributed by atoms with E-state index in [-0.39, 0.29) is 11.5 Å². The van der Waals surface area contributed by atoms with Crippen LogP contribution in [0.2, 0.25) is 0 Å². The number of benzene rings is 1. The molecule has 1 amide bonds. The van der Waals surface area contributed by atoms with Gasteiger partial charge < -0.3 is 14.5 Å². The van der Waals surface area contributed by atoms with Gasteiger partial charge in [-0.25, -0.2) is 0 Å². The van der Waals surface area contributed by atoms with Crippen molar-refractivity contribution in [3.05, 3.63) is 63.8 Å². The van der Waals surface area contributed by atoms with Gasteiger partial charge >= 0.3 is 6.36 Å². The van der Waals surface area contributed by atoms with Crippen LogP contribution in [0, 0.1) is 13.8 Å². The zero-order valence-corrected chi connectivity index (χ0v) is 16.4. The summed E-state index contributed by atoms with van der Waals surface area (Å²) in [6, 6.07) is 8.01. The number of anilines is 1. The van der Waals surface area contributed by atoms with Gasteiger partial charge in [0.1, 0.15) is 11.5 Å². The third-order valence-corrected chi connectivity index (χ3v) is 4.98. The van der Waals surface area contributed by atoms with Crippen molar-refractivity contribution < 1.29 is 27.1 Å². The fourth-order valence-electron chi connectivity index (χ4n) is 2.49. The number of aryl methyl sites for hydroxylation is 1. The van der Waals surface area contributed by atoms with Gasteiger partial charge in [-0.2, -0.15) is 5.10 Å². The molecule has 0 saturated carbocycles. The highest BCUT2D eigenvalue weighted by molar-refractivity contribution is 9.10. The van der Waals surface area contributed by atoms with E-state index in [0.29, 0.717) is 18.0 Å². The number of halogens is 4. The van der Waals surface area contributed by atoms with E-state index in [0.717, 1.165) is 28.0 Å². The molecule has 2 heterocycles. The van der Waals surface area contributed by atoms with Crippen LogP contribution in [-0.2, 0) is 6.54 Å². The van der Waals surface area contributed by atoms with E-state index in [1.165, 1.54) is 18.2 Å². The number of hydrogen-bond donors (Lipinski definition) is 1. The van der Waals surface area contributed by atoms with Crippen LogP contribution < -0.4 is 10.1 Å². The largest absolute Gasteiger partial charge is 0.573 e. The van der Waals surface area contributed by atoms with Crippen LogP contribution in [0.25, 0.3) is 0 Å². The Bertz CT molecular complexity index is 994. The topological polar surface area (TPSA) is 69.3 Å². The summed E-state index contributed by atoms with van der Waals surface area (Å²) >= 11 is 3.45. The Hall–Kier alpha value is -2.75. The molecule has 0 aliphatic heterocycles. The minimum Gasteiger partial charge on any atom is -0.454 e. The highest BCUT2D eigenvalue weighted by Gasteiger charge is 2.31. The lowest BCUT2D eigenvalue weighted by Crippen LogP contribution is -2.17. The summed E-state index contributed by atoms with van der Waals surface area (Å²) in [5.74, 6) is -0.282. The highest BCUT2D eigenvalue weighted by atomic mass is 79.9. The van der Waals surface area contributed by atoms with Crippen molar-refractivity contribution in [2.75, 3.05) is 5.32 Å². The standard InChI is InChI=1S/C18H15BrF3N3O3/c1-10-16(19)11(2)25(24-10)9-14-7-8-15(27-14)17(26)23-12-3-5-13(6-4-12)28-18(20,21)22/h3-8H,9H2,1-2H3,(H,23,26). The molecule has 3 rings (SSSR count). The molecule has 0 spiro atoms. The summed E-state index contributed by atoms with van der Waals surface area (Å²) in [4.78, 5) is 12.3. The highest BCUT2D eigenvalue weighted by Crippen LogP contribution is 2.24. The molecule has 0 radical (unpaired) electrons. The van der Waals surface area contributed by atoms with Crippen LogP contribution in [-0.4, -0.2) is 22.1 Å². The lowest BCUT2D eigenvalue weighted by atomic mass is 10.3. The number of hydrogen-bond acceptors (Lipinski definition) is 4. The Morgan fingerprint density at radius 3 is 2.46 bits per heavy atom. The molecule has 0 unspecified atom stereocenters. The molecule has 0 aliphatic rings. The van der Waals surface area contributed by atoms with E-state index in [1.807, 2.05) is 13.8 Å². The molecule has 0 atom stereocenters. The number of amides is 1. The number of nitrogens with zero attached hydrogens (tertiary/aromatic N) is 2. The van der Waals surface area contributed by atoms with E-state index in [9.17, 15) is 18.0 Å². The normalized spacial score (nSPS) is 11.5. The molecule has 148 valence electrons. The Morgan fingerprint density at radius 1 is 1.21 bits per heavy atom. The van der Waals surface area contributed by atoms with Gasteiger partial charge in [-0.05, 0) is 66.2 Å². The Labute approximate surface area is 166 Å². The molecule has 1 aromatic carbocycles. The zero-order valence-electron chi connectivity index (χ0n) is 14.8. The van der Waals surface area contributed by atoms with Crippen LogP contribution in [0.1, 0.15) is 27.7 Å². The van der Waals surface area contributed by atoms with Crippen molar-refractivity contribution >= 4 is 27.5 Å². The van der Waals surface area contributed by atoms with E-state index in [1.54, 1.807) is 10.7 Å². The third-order valence-electron chi connectivity index (χ3n) is 3.83. The van der Waals surface area contributed by atoms with Crippen molar-refractivity contribution in [3.63, 3.8) is 0 Å². The lowest BCUT2D eigenvalue weighted by Gasteiger charge is -2.09. The zero-order chi connectivity index (χ0) is 20.5. The molecular formula is C18H15BrF3N3O3. The lowest BCUT2D eigenvalue weighted by molar-refractivity contribution is -0.274. The number of nitrogens with one attached hydrogen (secondary N) is 1. The molecule has 6 nitrogen and oxygen atoms in total. The SMILES string of the molecule is Cc1nn(Cc2ccc(C(=O)Nc3ccc(OC(F)(F)F)cc3)o2)c(C)c1Br. The minimum atomic E-state index is -4.77. The Kier molecular flexibility index (Phi) is 5.50. The van der Waals surface area contributed by atoms with Crippen LogP contribution in [0.4, 0.5) is 18.9 Å². The molecule has 0 aliphatic carbocycles. The molecule has 0 fully saturated rings. The third kappa shape index (κ3) is 4.75. The molecule has 0 saturated heterocycles. The van der Waals surface area contributed by atoms with Crippen molar-refractivity contribution in [1.82, 2.24) is 9.78 Å². The van der Waals surface area contributed by atoms with Crippen LogP contribution in [0.3, 0.4) is 0 Å². The van der Waals surface area contributed by atoms with Gasteiger partial charge in [-0.3, -0.25) is 9.48 Å². The van der Waals surface area contributed by atoms with E-state index in [2.05, 4.69) is 31.1 Å². The number of carbonyl (C=O) groups excluding carboxylic acids is 1. The van der Waals surface area contributed by atoms with Gasteiger partial charge in [0, 0.05) is 5.69 Å². The number of furan rings is 1. The van der Waals surface area contributed by atoms with Crippen molar-refractivity contribution in [1.29, 1.82) is 0 Å². The van der Waals surface area contributed by atoms with E-state index < -0.39 is 12.3 Å². The maximum atomic E-state index is 12.3. The smallest absolute Gasteiger partial charge is 0.454 e. The fraction of sp³-hybridized carbons (Fsp3) is 0.222. The number of rotatable bonds is 5. The molecule has 28 heavy (non-hydrogen) atoms. The average molecular weight is 458 g/mol. The summed E-state index contributed by atoms with van der Waals surface area (Å²) in [5, 5.41) is 6.93. The van der Waals surface area contributed by atoms with E-state index >= 15 is 0 Å². The Morgan fingerprint density at radius 2 is 1.89 bits per heavy atom. The van der Waals surface area contributed by atoms with Crippen molar-refractivity contribution in [2.24, 2.45) is 0 Å². The van der Waals surface area contributed by atoms with Crippen molar-refractivity contribution in [3.8, 4) is 5.75 Å². The van der Waals surface area contributed by atoms with Crippen LogP contribution in [0.5, 0.6) is 5.75 Å². The minimum absolute atomic E-state index is 0.0752. The monoisotopic (exact) mass is 457 g/mol. The second-order valence-corrected chi connectivity index (χ2v) is 6.73. The van der Waals surface area contributed by atoms with Crippen LogP contribution >= 0.6 is 15.9 Å². The van der Waals surface area contributed by atoms with Gasteiger partial charge in [0.25, 0.3) is 5.91 Å². The quantitative estimate of drug-likeness (QED) is 0.581. The summed E-state index contributed by atoms with van der Waals surface area (Å²) in [7, 11) is 0. The summed E-state index contributed by atoms with van der Waals surface area (Å²) in [6.07, 6.45) is -4.77. The second kappa shape index (κ2) is 7.70. The number of alkyl halides is 3. The van der Waals surface area contributed by atoms with Gasteiger partial charge in [0.2, 0.25) is 0 Å². The fourth-order valence-corrected chi connectivity index (χ4v) is 2.78. The first kappa shape index (κ1) is 20.0. The maximum Gasteiger partial charge on any atom is 0.573 e. The first-order valence-electron chi connectivity index (χ1n) is 8.08. The molecule has 0 bridgehead atoms. The number of carbonyl (C=O) groups is 1. The predicted octanol–water partition coefficient (Wildman–Crippen LogP) is 5.05. The summed E-state index contributed by atoms with van der Waals surface area (Å²) in [5.41, 5.74) is 2.08. The summed E-state index contributed by atoms with van der Waals surface area (Å²) < 4.78 is 48.5. The first-order valence-corrected chi connectivity index (χ1v) is 8.87. The molecule has 10 heteroatoms. The molecule has 3 aromatic rings. The van der Waals surface area contributed by atoms with Gasteiger partial charge in [0.15, 0.2) is 5.76 Å². The first-order chi connectivity index (χ1) is 13.1. The maximum absolute atomic E-state index is 12.3. The Balaban J connectivity index is 1.65. The average Bonchev–Trinajstić information content (AvgIpc) is 3.17.